The van der Waals surface area contributed by atoms with Crippen molar-refractivity contribution in [1.82, 2.24) is 0 Å². The van der Waals surface area contributed by atoms with Crippen LogP contribution in [0.5, 0.6) is 11.5 Å². The van der Waals surface area contributed by atoms with E-state index >= 15 is 0 Å². The summed E-state index contributed by atoms with van der Waals surface area (Å²) in [6.07, 6.45) is 0. The summed E-state index contributed by atoms with van der Waals surface area (Å²) in [5.74, 6) is 0.999. The summed E-state index contributed by atoms with van der Waals surface area (Å²) in [6, 6.07) is 1.71. The quantitative estimate of drug-likeness (QED) is 0.837. The highest BCUT2D eigenvalue weighted by molar-refractivity contribution is 9.10. The smallest absolute Gasteiger partial charge is 0.181 e. The van der Waals surface area contributed by atoms with Gasteiger partial charge in [0.2, 0.25) is 0 Å². The van der Waals surface area contributed by atoms with Gasteiger partial charge in [0.15, 0.2) is 11.5 Å². The Morgan fingerprint density at radius 1 is 1.38 bits per heavy atom. The zero-order valence-corrected chi connectivity index (χ0v) is 9.57. The standard InChI is InChI=1S/C8H9BrClNO2/c1-12-5-3-4(9)7(11)6(10)8(5)13-2/h3H,11H2,1-2H3. The van der Waals surface area contributed by atoms with Gasteiger partial charge in [-0.1, -0.05) is 11.6 Å². The monoisotopic (exact) mass is 265 g/mol. The van der Waals surface area contributed by atoms with Gasteiger partial charge >= 0.3 is 0 Å². The second kappa shape index (κ2) is 4.07. The third kappa shape index (κ3) is 1.84. The van der Waals surface area contributed by atoms with E-state index in [1.54, 1.807) is 6.07 Å². The zero-order valence-electron chi connectivity index (χ0n) is 7.23. The van der Waals surface area contributed by atoms with Crippen LogP contribution >= 0.6 is 27.5 Å². The van der Waals surface area contributed by atoms with Gasteiger partial charge in [-0.2, -0.15) is 0 Å². The summed E-state index contributed by atoms with van der Waals surface area (Å²) in [4.78, 5) is 0. The van der Waals surface area contributed by atoms with Crippen molar-refractivity contribution in [3.05, 3.63) is 15.6 Å². The summed E-state index contributed by atoms with van der Waals surface area (Å²) in [6.45, 7) is 0. The van der Waals surface area contributed by atoms with Crippen molar-refractivity contribution in [2.24, 2.45) is 0 Å². The molecule has 72 valence electrons. The molecule has 5 heteroatoms. The van der Waals surface area contributed by atoms with Crippen LogP contribution in [-0.2, 0) is 0 Å². The lowest BCUT2D eigenvalue weighted by Gasteiger charge is -2.11. The molecule has 0 saturated heterocycles. The van der Waals surface area contributed by atoms with E-state index in [4.69, 9.17) is 26.8 Å². The molecule has 0 atom stereocenters. The molecule has 0 saturated carbocycles. The second-order valence-electron chi connectivity index (χ2n) is 2.32. The Morgan fingerprint density at radius 2 is 2.00 bits per heavy atom. The minimum absolute atomic E-state index is 0.355. The molecule has 13 heavy (non-hydrogen) atoms. The lowest BCUT2D eigenvalue weighted by molar-refractivity contribution is 0.355. The van der Waals surface area contributed by atoms with Gasteiger partial charge in [0.05, 0.1) is 19.9 Å². The van der Waals surface area contributed by atoms with Crippen LogP contribution in [0, 0.1) is 0 Å². The third-order valence-electron chi connectivity index (χ3n) is 1.60. The highest BCUT2D eigenvalue weighted by Gasteiger charge is 2.14. The minimum atomic E-state index is 0.355. The van der Waals surface area contributed by atoms with E-state index in [-0.39, 0.29) is 0 Å². The molecule has 0 heterocycles. The molecule has 0 aromatic heterocycles. The molecule has 0 unspecified atom stereocenters. The molecule has 0 radical (unpaired) electrons. The van der Waals surface area contributed by atoms with Crippen LogP contribution in [0.4, 0.5) is 5.69 Å². The molecule has 2 N–H and O–H groups in total. The molecule has 1 rings (SSSR count). The maximum absolute atomic E-state index is 5.92. The van der Waals surface area contributed by atoms with Gasteiger partial charge in [-0.15, -0.1) is 0 Å². The number of rotatable bonds is 2. The Labute approximate surface area is 89.9 Å². The molecular formula is C8H9BrClNO2. The van der Waals surface area contributed by atoms with Crippen LogP contribution in [-0.4, -0.2) is 14.2 Å². The zero-order chi connectivity index (χ0) is 10.0. The van der Waals surface area contributed by atoms with E-state index in [0.29, 0.717) is 26.7 Å². The fraction of sp³-hybridized carbons (Fsp3) is 0.250. The third-order valence-corrected chi connectivity index (χ3v) is 2.63. The number of benzene rings is 1. The number of nitrogens with two attached hydrogens (primary N) is 1. The van der Waals surface area contributed by atoms with Crippen LogP contribution in [0.2, 0.25) is 5.02 Å². The summed E-state index contributed by atoms with van der Waals surface area (Å²) < 4.78 is 10.8. The van der Waals surface area contributed by atoms with Crippen molar-refractivity contribution < 1.29 is 9.47 Å². The molecule has 0 bridgehead atoms. The Morgan fingerprint density at radius 3 is 2.46 bits per heavy atom. The number of hydrogen-bond acceptors (Lipinski definition) is 3. The molecular weight excluding hydrogens is 257 g/mol. The van der Waals surface area contributed by atoms with Crippen LogP contribution in [0.25, 0.3) is 0 Å². The first-order valence-corrected chi connectivity index (χ1v) is 4.64. The van der Waals surface area contributed by atoms with Crippen molar-refractivity contribution in [3.8, 4) is 11.5 Å². The SMILES string of the molecule is COc1cc(Br)c(N)c(Cl)c1OC. The van der Waals surface area contributed by atoms with Crippen molar-refractivity contribution >= 4 is 33.2 Å². The molecule has 0 fully saturated rings. The highest BCUT2D eigenvalue weighted by atomic mass is 79.9. The van der Waals surface area contributed by atoms with Crippen molar-refractivity contribution in [3.63, 3.8) is 0 Å². The highest BCUT2D eigenvalue weighted by Crippen LogP contribution is 2.42. The predicted octanol–water partition coefficient (Wildman–Crippen LogP) is 2.70. The molecule has 0 aliphatic rings. The van der Waals surface area contributed by atoms with Gasteiger partial charge in [-0.3, -0.25) is 0 Å². The molecule has 0 aliphatic heterocycles. The van der Waals surface area contributed by atoms with Crippen molar-refractivity contribution in [2.75, 3.05) is 20.0 Å². The van der Waals surface area contributed by atoms with Gasteiger partial charge in [0, 0.05) is 10.5 Å². The van der Waals surface area contributed by atoms with Crippen molar-refractivity contribution in [1.29, 1.82) is 0 Å². The van der Waals surface area contributed by atoms with E-state index in [1.807, 2.05) is 0 Å². The average Bonchev–Trinajstić information content (AvgIpc) is 2.13. The maximum Gasteiger partial charge on any atom is 0.181 e. The first-order chi connectivity index (χ1) is 6.11. The fourth-order valence-corrected chi connectivity index (χ4v) is 1.73. The normalized spacial score (nSPS) is 9.85. The van der Waals surface area contributed by atoms with E-state index in [2.05, 4.69) is 15.9 Å². The average molecular weight is 267 g/mol. The minimum Gasteiger partial charge on any atom is -0.493 e. The molecule has 1 aromatic rings. The van der Waals surface area contributed by atoms with Gasteiger partial charge in [-0.05, 0) is 15.9 Å². The Hall–Kier alpha value is -0.610. The van der Waals surface area contributed by atoms with Crippen LogP contribution in [0.15, 0.2) is 10.5 Å². The van der Waals surface area contributed by atoms with E-state index in [9.17, 15) is 0 Å². The first kappa shape index (κ1) is 10.5. The summed E-state index contributed by atoms with van der Waals surface area (Å²) >= 11 is 9.18. The van der Waals surface area contributed by atoms with E-state index in [1.165, 1.54) is 14.2 Å². The van der Waals surface area contributed by atoms with Crippen molar-refractivity contribution in [2.45, 2.75) is 0 Å². The molecule has 0 spiro atoms. The van der Waals surface area contributed by atoms with E-state index < -0.39 is 0 Å². The van der Waals surface area contributed by atoms with Gasteiger partial charge < -0.3 is 15.2 Å². The number of anilines is 1. The fourth-order valence-electron chi connectivity index (χ4n) is 0.936. The van der Waals surface area contributed by atoms with Gasteiger partial charge in [0.1, 0.15) is 5.02 Å². The lowest BCUT2D eigenvalue weighted by atomic mass is 10.3. The van der Waals surface area contributed by atoms with Crippen LogP contribution in [0.3, 0.4) is 0 Å². The van der Waals surface area contributed by atoms with Crippen LogP contribution < -0.4 is 15.2 Å². The predicted molar refractivity (Wildman–Crippen MR) is 56.7 cm³/mol. The first-order valence-electron chi connectivity index (χ1n) is 3.47. The Balaban J connectivity index is 3.39. The second-order valence-corrected chi connectivity index (χ2v) is 3.55. The molecule has 3 nitrogen and oxygen atoms in total. The number of methoxy groups -OCH3 is 2. The van der Waals surface area contributed by atoms with E-state index in [0.717, 1.165) is 0 Å². The largest absolute Gasteiger partial charge is 0.493 e. The Kier molecular flexibility index (Phi) is 3.27. The molecule has 0 aliphatic carbocycles. The topological polar surface area (TPSA) is 44.5 Å². The number of halogens is 2. The van der Waals surface area contributed by atoms with Gasteiger partial charge in [0.25, 0.3) is 0 Å². The summed E-state index contributed by atoms with van der Waals surface area (Å²) in [5.41, 5.74) is 6.11. The summed E-state index contributed by atoms with van der Waals surface area (Å²) in [5, 5.41) is 0.355. The molecule has 0 amide bonds. The number of nitrogen functional groups attached to an aromatic ring is 1. The lowest BCUT2D eigenvalue weighted by Crippen LogP contribution is -1.96. The summed E-state index contributed by atoms with van der Waals surface area (Å²) in [7, 11) is 3.05. The number of ether oxygens (including phenoxy) is 2. The number of hydrogen-bond donors (Lipinski definition) is 1. The van der Waals surface area contributed by atoms with Crippen LogP contribution in [0.1, 0.15) is 0 Å². The Bertz CT molecular complexity index is 330. The molecule has 1 aromatic carbocycles. The van der Waals surface area contributed by atoms with Gasteiger partial charge in [-0.25, -0.2) is 0 Å². The maximum atomic E-state index is 5.92.